The van der Waals surface area contributed by atoms with Crippen LogP contribution < -0.4 is 20.1 Å². The Labute approximate surface area is 185 Å². The van der Waals surface area contributed by atoms with Gasteiger partial charge in [-0.05, 0) is 37.1 Å². The summed E-state index contributed by atoms with van der Waals surface area (Å²) in [7, 11) is 1.47. The van der Waals surface area contributed by atoms with E-state index in [4.69, 9.17) is 4.74 Å². The van der Waals surface area contributed by atoms with E-state index < -0.39 is 6.36 Å². The SMILES string of the molecule is CCNC(=O)N1CC[C@H](NCc2cc(OC(F)(F)F)ccc2OC)[C@H](c2ccccc2)C1. The number of amides is 2. The first-order chi connectivity index (χ1) is 15.3. The topological polar surface area (TPSA) is 62.8 Å². The molecule has 0 aromatic heterocycles. The number of hydrogen-bond acceptors (Lipinski definition) is 4. The van der Waals surface area contributed by atoms with E-state index in [1.807, 2.05) is 37.3 Å². The van der Waals surface area contributed by atoms with Gasteiger partial charge in [0.2, 0.25) is 0 Å². The number of likely N-dealkylation sites (tertiary alicyclic amines) is 1. The van der Waals surface area contributed by atoms with Crippen molar-refractivity contribution in [3.8, 4) is 11.5 Å². The van der Waals surface area contributed by atoms with Crippen molar-refractivity contribution in [1.82, 2.24) is 15.5 Å². The third kappa shape index (κ3) is 6.29. The number of nitrogens with one attached hydrogen (secondary N) is 2. The first-order valence-electron chi connectivity index (χ1n) is 10.5. The fraction of sp³-hybridized carbons (Fsp3) is 0.435. The maximum absolute atomic E-state index is 12.6. The minimum Gasteiger partial charge on any atom is -0.496 e. The number of carbonyl (C=O) groups is 1. The van der Waals surface area contributed by atoms with Gasteiger partial charge >= 0.3 is 12.4 Å². The number of alkyl halides is 3. The molecule has 32 heavy (non-hydrogen) atoms. The molecule has 2 aromatic carbocycles. The van der Waals surface area contributed by atoms with E-state index in [0.717, 1.165) is 5.56 Å². The summed E-state index contributed by atoms with van der Waals surface area (Å²) in [5.41, 5.74) is 1.66. The first-order valence-corrected chi connectivity index (χ1v) is 10.5. The zero-order chi connectivity index (χ0) is 23.1. The molecule has 1 heterocycles. The van der Waals surface area contributed by atoms with Crippen LogP contribution in [-0.4, -0.2) is 50.1 Å². The number of piperidine rings is 1. The molecule has 0 saturated carbocycles. The lowest BCUT2D eigenvalue weighted by Gasteiger charge is -2.39. The van der Waals surface area contributed by atoms with Gasteiger partial charge in [0.15, 0.2) is 0 Å². The number of rotatable bonds is 7. The normalized spacial score (nSPS) is 18.8. The van der Waals surface area contributed by atoms with Gasteiger partial charge in [-0.2, -0.15) is 0 Å². The van der Waals surface area contributed by atoms with Crippen molar-refractivity contribution in [2.75, 3.05) is 26.7 Å². The van der Waals surface area contributed by atoms with Crippen LogP contribution in [0.15, 0.2) is 48.5 Å². The molecule has 2 atom stereocenters. The van der Waals surface area contributed by atoms with Crippen LogP contribution in [0.5, 0.6) is 11.5 Å². The molecule has 174 valence electrons. The molecule has 0 aliphatic carbocycles. The molecule has 0 radical (unpaired) electrons. The van der Waals surface area contributed by atoms with Gasteiger partial charge in [-0.3, -0.25) is 0 Å². The van der Waals surface area contributed by atoms with Crippen molar-refractivity contribution >= 4 is 6.03 Å². The molecule has 1 aliphatic rings. The highest BCUT2D eigenvalue weighted by molar-refractivity contribution is 5.74. The Morgan fingerprint density at radius 1 is 1.19 bits per heavy atom. The lowest BCUT2D eigenvalue weighted by Crippen LogP contribution is -2.52. The van der Waals surface area contributed by atoms with Crippen LogP contribution in [0.4, 0.5) is 18.0 Å². The van der Waals surface area contributed by atoms with Crippen molar-refractivity contribution in [3.05, 3.63) is 59.7 Å². The summed E-state index contributed by atoms with van der Waals surface area (Å²) >= 11 is 0. The number of urea groups is 1. The van der Waals surface area contributed by atoms with E-state index in [1.54, 1.807) is 4.90 Å². The molecule has 1 saturated heterocycles. The number of methoxy groups -OCH3 is 1. The van der Waals surface area contributed by atoms with Crippen molar-refractivity contribution in [1.29, 1.82) is 0 Å². The van der Waals surface area contributed by atoms with Crippen LogP contribution in [0, 0.1) is 0 Å². The number of carbonyl (C=O) groups excluding carboxylic acids is 1. The van der Waals surface area contributed by atoms with Gasteiger partial charge in [0, 0.05) is 43.7 Å². The zero-order valence-electron chi connectivity index (χ0n) is 18.1. The van der Waals surface area contributed by atoms with Crippen LogP contribution in [0.1, 0.15) is 30.4 Å². The summed E-state index contributed by atoms with van der Waals surface area (Å²) in [6, 6.07) is 13.9. The quantitative estimate of drug-likeness (QED) is 0.660. The molecule has 1 fully saturated rings. The second kappa shape index (κ2) is 10.6. The number of halogens is 3. The van der Waals surface area contributed by atoms with Gasteiger partial charge in [0.1, 0.15) is 11.5 Å². The summed E-state index contributed by atoms with van der Waals surface area (Å²) < 4.78 is 47.2. The monoisotopic (exact) mass is 451 g/mol. The van der Waals surface area contributed by atoms with E-state index in [2.05, 4.69) is 15.4 Å². The number of hydrogen-bond donors (Lipinski definition) is 2. The smallest absolute Gasteiger partial charge is 0.496 e. The summed E-state index contributed by atoms with van der Waals surface area (Å²) in [4.78, 5) is 14.2. The van der Waals surface area contributed by atoms with Gasteiger partial charge in [-0.15, -0.1) is 13.2 Å². The Balaban J connectivity index is 1.76. The van der Waals surface area contributed by atoms with Gasteiger partial charge < -0.3 is 25.0 Å². The number of nitrogens with zero attached hydrogens (tertiary/aromatic N) is 1. The highest BCUT2D eigenvalue weighted by Gasteiger charge is 2.33. The molecule has 1 aliphatic heterocycles. The largest absolute Gasteiger partial charge is 0.573 e. The molecule has 3 rings (SSSR count). The lowest BCUT2D eigenvalue weighted by atomic mass is 9.86. The van der Waals surface area contributed by atoms with Crippen LogP contribution >= 0.6 is 0 Å². The molecule has 9 heteroatoms. The van der Waals surface area contributed by atoms with E-state index in [0.29, 0.717) is 43.9 Å². The Morgan fingerprint density at radius 3 is 2.59 bits per heavy atom. The zero-order valence-corrected chi connectivity index (χ0v) is 18.1. The van der Waals surface area contributed by atoms with Crippen LogP contribution in [0.25, 0.3) is 0 Å². The maximum atomic E-state index is 12.6. The molecule has 0 bridgehead atoms. The van der Waals surface area contributed by atoms with Crippen LogP contribution in [0.3, 0.4) is 0 Å². The van der Waals surface area contributed by atoms with Crippen molar-refractivity contribution in [2.24, 2.45) is 0 Å². The number of benzene rings is 2. The minimum atomic E-state index is -4.76. The molecule has 2 amide bonds. The van der Waals surface area contributed by atoms with Crippen molar-refractivity contribution in [3.63, 3.8) is 0 Å². The predicted molar refractivity (Wildman–Crippen MR) is 115 cm³/mol. The highest BCUT2D eigenvalue weighted by atomic mass is 19.4. The highest BCUT2D eigenvalue weighted by Crippen LogP contribution is 2.31. The van der Waals surface area contributed by atoms with Gasteiger partial charge in [0.05, 0.1) is 7.11 Å². The van der Waals surface area contributed by atoms with E-state index in [-0.39, 0.29) is 23.7 Å². The first kappa shape index (κ1) is 23.7. The summed E-state index contributed by atoms with van der Waals surface area (Å²) in [5, 5.41) is 6.31. The standard InChI is InChI=1S/C23H28F3N3O3/c1-3-27-22(30)29-12-11-20(19(15-29)16-7-5-4-6-8-16)28-14-17-13-18(32-23(24,25)26)9-10-21(17)31-2/h4-10,13,19-20,28H,3,11-12,14-15H2,1-2H3,(H,27,30)/t19-,20-/m0/s1. The third-order valence-corrected chi connectivity index (χ3v) is 5.50. The molecule has 2 aromatic rings. The molecule has 0 unspecified atom stereocenters. The molecule has 6 nitrogen and oxygen atoms in total. The Bertz CT molecular complexity index is 893. The Kier molecular flexibility index (Phi) is 7.84. The van der Waals surface area contributed by atoms with Crippen LogP contribution in [0.2, 0.25) is 0 Å². The van der Waals surface area contributed by atoms with Crippen LogP contribution in [-0.2, 0) is 6.54 Å². The lowest BCUT2D eigenvalue weighted by molar-refractivity contribution is -0.274. The second-order valence-corrected chi connectivity index (χ2v) is 7.60. The molecular formula is C23H28F3N3O3. The predicted octanol–water partition coefficient (Wildman–Crippen LogP) is 4.27. The average Bonchev–Trinajstić information content (AvgIpc) is 2.77. The second-order valence-electron chi connectivity index (χ2n) is 7.60. The Hall–Kier alpha value is -2.94. The minimum absolute atomic E-state index is 0.0278. The van der Waals surface area contributed by atoms with E-state index in [1.165, 1.54) is 25.3 Å². The van der Waals surface area contributed by atoms with E-state index in [9.17, 15) is 18.0 Å². The average molecular weight is 451 g/mol. The fourth-order valence-electron chi connectivity index (χ4n) is 4.01. The third-order valence-electron chi connectivity index (χ3n) is 5.50. The fourth-order valence-corrected chi connectivity index (χ4v) is 4.01. The van der Waals surface area contributed by atoms with Gasteiger partial charge in [-0.1, -0.05) is 30.3 Å². The maximum Gasteiger partial charge on any atom is 0.573 e. The summed E-state index contributed by atoms with van der Waals surface area (Å²) in [6.07, 6.45) is -4.05. The van der Waals surface area contributed by atoms with E-state index >= 15 is 0 Å². The van der Waals surface area contributed by atoms with Crippen molar-refractivity contribution in [2.45, 2.75) is 38.2 Å². The van der Waals surface area contributed by atoms with Gasteiger partial charge in [-0.25, -0.2) is 4.79 Å². The Morgan fingerprint density at radius 2 is 1.94 bits per heavy atom. The number of ether oxygens (including phenoxy) is 2. The molecule has 2 N–H and O–H groups in total. The molecule has 0 spiro atoms. The summed E-state index contributed by atoms with van der Waals surface area (Å²) in [6.45, 7) is 3.87. The van der Waals surface area contributed by atoms with Gasteiger partial charge in [0.25, 0.3) is 0 Å². The summed E-state index contributed by atoms with van der Waals surface area (Å²) in [5.74, 6) is 0.219. The molecular weight excluding hydrogens is 423 g/mol. The van der Waals surface area contributed by atoms with Crippen molar-refractivity contribution < 1.29 is 27.4 Å².